The van der Waals surface area contributed by atoms with Crippen LogP contribution in [0.2, 0.25) is 0 Å². The number of carbonyl (C=O) groups is 1. The van der Waals surface area contributed by atoms with Crippen molar-refractivity contribution in [2.45, 2.75) is 20.1 Å². The Morgan fingerprint density at radius 2 is 2.07 bits per heavy atom. The Kier molecular flexibility index (Phi) is 7.09. The number of carbonyl (C=O) groups excluding carboxylic acids is 1. The molecule has 9 heteroatoms. The van der Waals surface area contributed by atoms with Gasteiger partial charge in [0.1, 0.15) is 12.7 Å². The Bertz CT molecular complexity index is 1010. The van der Waals surface area contributed by atoms with Gasteiger partial charge in [-0.3, -0.25) is 4.79 Å². The second kappa shape index (κ2) is 10.1. The summed E-state index contributed by atoms with van der Waals surface area (Å²) in [4.78, 5) is 16.3. The molecule has 0 saturated heterocycles. The molecule has 3 aromatic rings. The Hall–Kier alpha value is -3.75. The smallest absolute Gasteiger partial charge is 0.387 e. The maximum Gasteiger partial charge on any atom is 0.387 e. The summed E-state index contributed by atoms with van der Waals surface area (Å²) in [6.07, 6.45) is 5.95. The summed E-state index contributed by atoms with van der Waals surface area (Å²) in [5.74, 6) is -0.221. The van der Waals surface area contributed by atoms with E-state index in [9.17, 15) is 13.6 Å². The first-order valence-electron chi connectivity index (χ1n) is 9.16. The zero-order valence-corrected chi connectivity index (χ0v) is 16.2. The third kappa shape index (κ3) is 5.87. The molecule has 0 radical (unpaired) electrons. The topological polar surface area (TPSA) is 78.3 Å². The molecule has 3 rings (SSSR count). The van der Waals surface area contributed by atoms with Crippen molar-refractivity contribution in [3.63, 3.8) is 0 Å². The minimum absolute atomic E-state index is 0.0597. The summed E-state index contributed by atoms with van der Waals surface area (Å²) < 4.78 is 36.4. The van der Waals surface area contributed by atoms with E-state index in [-0.39, 0.29) is 24.0 Å². The lowest BCUT2D eigenvalue weighted by Gasteiger charge is -2.12. The monoisotopic (exact) mass is 414 g/mol. The number of nitrogens with one attached hydrogen (secondary N) is 1. The molecular weight excluding hydrogens is 394 g/mol. The highest BCUT2D eigenvalue weighted by atomic mass is 19.3. The van der Waals surface area contributed by atoms with Gasteiger partial charge in [0.2, 0.25) is 5.91 Å². The first-order valence-corrected chi connectivity index (χ1v) is 9.16. The van der Waals surface area contributed by atoms with Gasteiger partial charge >= 0.3 is 6.61 Å². The largest absolute Gasteiger partial charge is 0.490 e. The first kappa shape index (κ1) is 21.0. The zero-order chi connectivity index (χ0) is 21.3. The van der Waals surface area contributed by atoms with E-state index < -0.39 is 6.61 Å². The van der Waals surface area contributed by atoms with Crippen LogP contribution in [0.1, 0.15) is 18.1 Å². The lowest BCUT2D eigenvalue weighted by atomic mass is 10.1. The van der Waals surface area contributed by atoms with E-state index in [2.05, 4.69) is 20.1 Å². The average molecular weight is 414 g/mol. The van der Waals surface area contributed by atoms with Gasteiger partial charge in [-0.15, -0.1) is 0 Å². The van der Waals surface area contributed by atoms with Crippen LogP contribution >= 0.6 is 0 Å². The van der Waals surface area contributed by atoms with Crippen molar-refractivity contribution < 1.29 is 23.0 Å². The van der Waals surface area contributed by atoms with Gasteiger partial charge in [0.05, 0.1) is 13.2 Å². The van der Waals surface area contributed by atoms with Crippen molar-refractivity contribution >= 4 is 17.7 Å². The fourth-order valence-electron chi connectivity index (χ4n) is 2.71. The van der Waals surface area contributed by atoms with Crippen molar-refractivity contribution in [2.75, 3.05) is 11.9 Å². The summed E-state index contributed by atoms with van der Waals surface area (Å²) >= 11 is 0. The van der Waals surface area contributed by atoms with Gasteiger partial charge in [0.15, 0.2) is 11.5 Å². The number of hydrogen-bond donors (Lipinski definition) is 1. The fourth-order valence-corrected chi connectivity index (χ4v) is 2.71. The lowest BCUT2D eigenvalue weighted by Crippen LogP contribution is -2.11. The third-order valence-corrected chi connectivity index (χ3v) is 3.98. The highest BCUT2D eigenvalue weighted by Crippen LogP contribution is 2.30. The number of alkyl halides is 2. The van der Waals surface area contributed by atoms with Crippen LogP contribution in [0.5, 0.6) is 11.5 Å². The summed E-state index contributed by atoms with van der Waals surface area (Å²) in [6.45, 7) is -0.466. The number of rotatable bonds is 9. The lowest BCUT2D eigenvalue weighted by molar-refractivity contribution is -0.111. The van der Waals surface area contributed by atoms with Crippen LogP contribution in [-0.4, -0.2) is 33.9 Å². The molecule has 2 aromatic carbocycles. The second-order valence-electron chi connectivity index (χ2n) is 6.09. The summed E-state index contributed by atoms with van der Waals surface area (Å²) in [5, 5.41) is 6.89. The standard InChI is InChI=1S/C21H20F2N4O3/c1-2-29-19-11-15(7-9-18(19)30-21(22)23)8-10-20(28)26-17-6-4-3-5-16(17)12-27-14-24-13-25-27/h3-11,13-14,21H,2,12H2,1H3,(H,26,28)/b10-8-. The number of anilines is 1. The Labute approximate surface area is 172 Å². The van der Waals surface area contributed by atoms with E-state index in [1.165, 1.54) is 24.5 Å². The molecule has 0 unspecified atom stereocenters. The first-order chi connectivity index (χ1) is 14.5. The molecule has 0 fully saturated rings. The average Bonchev–Trinajstić information content (AvgIpc) is 3.22. The number of ether oxygens (including phenoxy) is 2. The molecule has 0 aliphatic rings. The highest BCUT2D eigenvalue weighted by molar-refractivity contribution is 6.02. The second-order valence-corrected chi connectivity index (χ2v) is 6.09. The molecule has 7 nitrogen and oxygen atoms in total. The van der Waals surface area contributed by atoms with Gasteiger partial charge in [-0.2, -0.15) is 13.9 Å². The van der Waals surface area contributed by atoms with Crippen molar-refractivity contribution in [3.8, 4) is 11.5 Å². The SMILES string of the molecule is CCOc1cc(/C=C\C(=O)Nc2ccccc2Cn2cncn2)ccc1OC(F)F. The molecule has 0 aliphatic carbocycles. The molecule has 0 spiro atoms. The third-order valence-electron chi connectivity index (χ3n) is 3.98. The summed E-state index contributed by atoms with van der Waals surface area (Å²) in [6, 6.07) is 11.8. The number of halogens is 2. The number of benzene rings is 2. The van der Waals surface area contributed by atoms with Crippen LogP contribution < -0.4 is 14.8 Å². The zero-order valence-electron chi connectivity index (χ0n) is 16.2. The Morgan fingerprint density at radius 3 is 2.80 bits per heavy atom. The van der Waals surface area contributed by atoms with Gasteiger partial charge < -0.3 is 14.8 Å². The quantitative estimate of drug-likeness (QED) is 0.536. The maximum atomic E-state index is 12.5. The summed E-state index contributed by atoms with van der Waals surface area (Å²) in [7, 11) is 0. The number of nitrogens with zero attached hydrogens (tertiary/aromatic N) is 3. The molecular formula is C21H20F2N4O3. The maximum absolute atomic E-state index is 12.5. The number of aromatic nitrogens is 3. The van der Waals surface area contributed by atoms with E-state index in [4.69, 9.17) is 4.74 Å². The van der Waals surface area contributed by atoms with Crippen molar-refractivity contribution in [1.82, 2.24) is 14.8 Å². The fraction of sp³-hybridized carbons (Fsp3) is 0.190. The van der Waals surface area contributed by atoms with Gasteiger partial charge in [-0.05, 0) is 42.3 Å². The van der Waals surface area contributed by atoms with E-state index in [1.807, 2.05) is 18.2 Å². The summed E-state index contributed by atoms with van der Waals surface area (Å²) in [5.41, 5.74) is 2.13. The highest BCUT2D eigenvalue weighted by Gasteiger charge is 2.11. The molecule has 30 heavy (non-hydrogen) atoms. The normalized spacial score (nSPS) is 11.1. The van der Waals surface area contributed by atoms with E-state index in [0.717, 1.165) is 5.56 Å². The number of hydrogen-bond acceptors (Lipinski definition) is 5. The minimum atomic E-state index is -2.95. The molecule has 156 valence electrons. The van der Waals surface area contributed by atoms with Gasteiger partial charge in [0, 0.05) is 11.8 Å². The van der Waals surface area contributed by atoms with Gasteiger partial charge in [0.25, 0.3) is 0 Å². The molecule has 0 aliphatic heterocycles. The van der Waals surface area contributed by atoms with Crippen LogP contribution in [0.25, 0.3) is 6.08 Å². The van der Waals surface area contributed by atoms with Crippen LogP contribution in [0.4, 0.5) is 14.5 Å². The van der Waals surface area contributed by atoms with Crippen molar-refractivity contribution in [1.29, 1.82) is 0 Å². The van der Waals surface area contributed by atoms with Crippen molar-refractivity contribution in [3.05, 3.63) is 72.3 Å². The van der Waals surface area contributed by atoms with Crippen LogP contribution in [0.15, 0.2) is 61.2 Å². The van der Waals surface area contributed by atoms with E-state index >= 15 is 0 Å². The molecule has 1 N–H and O–H groups in total. The van der Waals surface area contributed by atoms with Crippen LogP contribution in [-0.2, 0) is 11.3 Å². The van der Waals surface area contributed by atoms with E-state index in [1.54, 1.807) is 36.1 Å². The predicted octanol–water partition coefficient (Wildman–Crippen LogP) is 3.98. The van der Waals surface area contributed by atoms with Crippen LogP contribution in [0.3, 0.4) is 0 Å². The molecule has 0 atom stereocenters. The van der Waals surface area contributed by atoms with Gasteiger partial charge in [-0.1, -0.05) is 24.3 Å². The van der Waals surface area contributed by atoms with Crippen molar-refractivity contribution in [2.24, 2.45) is 0 Å². The molecule has 1 aromatic heterocycles. The molecule has 0 saturated carbocycles. The Morgan fingerprint density at radius 1 is 1.23 bits per heavy atom. The van der Waals surface area contributed by atoms with Gasteiger partial charge in [-0.25, -0.2) is 9.67 Å². The Balaban J connectivity index is 1.70. The number of para-hydroxylation sites is 1. The molecule has 0 bridgehead atoms. The number of amides is 1. The van der Waals surface area contributed by atoms with Crippen LogP contribution in [0, 0.1) is 0 Å². The molecule has 1 amide bonds. The van der Waals surface area contributed by atoms with E-state index in [0.29, 0.717) is 17.8 Å². The minimum Gasteiger partial charge on any atom is -0.490 e. The molecule has 1 heterocycles. The predicted molar refractivity (Wildman–Crippen MR) is 107 cm³/mol.